The van der Waals surface area contributed by atoms with E-state index in [1.165, 1.54) is 6.07 Å². The highest BCUT2D eigenvalue weighted by Gasteiger charge is 2.07. The van der Waals surface area contributed by atoms with Crippen LogP contribution in [0.15, 0.2) is 39.7 Å². The summed E-state index contributed by atoms with van der Waals surface area (Å²) < 4.78 is 2.67. The zero-order chi connectivity index (χ0) is 14.7. The quantitative estimate of drug-likeness (QED) is 0.932. The fraction of sp³-hybridized carbons (Fsp3) is 0.333. The van der Waals surface area contributed by atoms with Gasteiger partial charge < -0.3 is 9.88 Å². The van der Waals surface area contributed by atoms with Crippen molar-refractivity contribution >= 4 is 32.7 Å². The lowest BCUT2D eigenvalue weighted by Gasteiger charge is -2.12. The fourth-order valence-corrected chi connectivity index (χ4v) is 2.29. The Morgan fingerprint density at radius 3 is 2.80 bits per heavy atom. The normalized spacial score (nSPS) is 11.0. The number of rotatable bonds is 4. The van der Waals surface area contributed by atoms with E-state index in [-0.39, 0.29) is 17.9 Å². The summed E-state index contributed by atoms with van der Waals surface area (Å²) in [5, 5.41) is 3.49. The van der Waals surface area contributed by atoms with Gasteiger partial charge in [0.25, 0.3) is 0 Å². The Morgan fingerprint density at radius 1 is 1.35 bits per heavy atom. The second-order valence-electron chi connectivity index (χ2n) is 5.17. The van der Waals surface area contributed by atoms with Gasteiger partial charge in [-0.15, -0.1) is 0 Å². The lowest BCUT2D eigenvalue weighted by molar-refractivity contribution is -0.121. The summed E-state index contributed by atoms with van der Waals surface area (Å²) in [5.74, 6) is 0.363. The van der Waals surface area contributed by atoms with Crippen molar-refractivity contribution < 1.29 is 4.79 Å². The molecule has 1 N–H and O–H groups in total. The van der Waals surface area contributed by atoms with Crippen molar-refractivity contribution in [3.8, 4) is 0 Å². The monoisotopic (exact) mass is 336 g/mol. The van der Waals surface area contributed by atoms with Crippen LogP contribution in [0, 0.1) is 5.92 Å². The second kappa shape index (κ2) is 6.22. The lowest BCUT2D eigenvalue weighted by Crippen LogP contribution is -2.31. The van der Waals surface area contributed by atoms with Gasteiger partial charge in [0.15, 0.2) is 5.43 Å². The minimum Gasteiger partial charge on any atom is -0.354 e. The first-order chi connectivity index (χ1) is 9.47. The third-order valence-corrected chi connectivity index (χ3v) is 3.46. The topological polar surface area (TPSA) is 51.1 Å². The number of nitrogens with one attached hydrogen (secondary N) is 1. The van der Waals surface area contributed by atoms with Crippen LogP contribution in [-0.4, -0.2) is 17.0 Å². The summed E-state index contributed by atoms with van der Waals surface area (Å²) in [5.41, 5.74) is 0.720. The molecule has 0 bridgehead atoms. The van der Waals surface area contributed by atoms with Gasteiger partial charge in [0.05, 0.1) is 5.52 Å². The largest absolute Gasteiger partial charge is 0.354 e. The number of carbonyl (C=O) groups excluding carboxylic acids is 1. The summed E-state index contributed by atoms with van der Waals surface area (Å²) in [7, 11) is 0. The maximum atomic E-state index is 11.9. The average Bonchev–Trinajstić information content (AvgIpc) is 2.39. The molecule has 2 aromatic rings. The van der Waals surface area contributed by atoms with E-state index < -0.39 is 0 Å². The summed E-state index contributed by atoms with van der Waals surface area (Å²) >= 11 is 3.39. The highest BCUT2D eigenvalue weighted by atomic mass is 79.9. The number of hydrogen-bond donors (Lipinski definition) is 1. The molecule has 0 saturated carbocycles. The molecule has 20 heavy (non-hydrogen) atoms. The molecule has 0 aliphatic carbocycles. The molecule has 1 aromatic carbocycles. The maximum Gasteiger partial charge on any atom is 0.239 e. The van der Waals surface area contributed by atoms with E-state index in [2.05, 4.69) is 21.2 Å². The third kappa shape index (κ3) is 3.48. The third-order valence-electron chi connectivity index (χ3n) is 2.96. The molecule has 106 valence electrons. The van der Waals surface area contributed by atoms with Gasteiger partial charge in [0.2, 0.25) is 5.91 Å². The molecule has 1 amide bonds. The van der Waals surface area contributed by atoms with E-state index in [4.69, 9.17) is 0 Å². The van der Waals surface area contributed by atoms with Gasteiger partial charge in [0.1, 0.15) is 6.54 Å². The molecule has 0 aliphatic heterocycles. The zero-order valence-electron chi connectivity index (χ0n) is 11.5. The summed E-state index contributed by atoms with van der Waals surface area (Å²) in [6.07, 6.45) is 1.66. The van der Waals surface area contributed by atoms with E-state index in [0.29, 0.717) is 17.8 Å². The van der Waals surface area contributed by atoms with E-state index in [0.717, 1.165) is 9.99 Å². The van der Waals surface area contributed by atoms with Crippen LogP contribution in [0.2, 0.25) is 0 Å². The van der Waals surface area contributed by atoms with Crippen LogP contribution in [0.1, 0.15) is 13.8 Å². The Labute approximate surface area is 125 Å². The van der Waals surface area contributed by atoms with Crippen LogP contribution in [-0.2, 0) is 11.3 Å². The number of aromatic nitrogens is 1. The Kier molecular flexibility index (Phi) is 4.60. The number of fused-ring (bicyclic) bond motifs is 1. The number of hydrogen-bond acceptors (Lipinski definition) is 2. The molecule has 1 heterocycles. The number of nitrogens with zero attached hydrogens (tertiary/aromatic N) is 1. The Balaban J connectivity index is 2.30. The molecular formula is C15H17BrN2O2. The van der Waals surface area contributed by atoms with Crippen molar-refractivity contribution in [2.24, 2.45) is 5.92 Å². The van der Waals surface area contributed by atoms with Crippen molar-refractivity contribution in [1.82, 2.24) is 9.88 Å². The first kappa shape index (κ1) is 14.8. The fourth-order valence-electron chi connectivity index (χ4n) is 1.94. The average molecular weight is 337 g/mol. The van der Waals surface area contributed by atoms with Crippen molar-refractivity contribution in [2.75, 3.05) is 6.54 Å². The summed E-state index contributed by atoms with van der Waals surface area (Å²) in [6.45, 7) is 4.96. The molecule has 0 atom stereocenters. The summed E-state index contributed by atoms with van der Waals surface area (Å²) in [4.78, 5) is 23.7. The predicted octanol–water partition coefficient (Wildman–Crippen LogP) is 2.54. The smallest absolute Gasteiger partial charge is 0.239 e. The minimum absolute atomic E-state index is 0.0358. The molecule has 0 aliphatic rings. The highest BCUT2D eigenvalue weighted by Crippen LogP contribution is 2.17. The SMILES string of the molecule is CC(C)CNC(=O)Cn1ccc(=O)c2ccc(Br)cc21. The van der Waals surface area contributed by atoms with Crippen molar-refractivity contribution in [3.63, 3.8) is 0 Å². The predicted molar refractivity (Wildman–Crippen MR) is 83.8 cm³/mol. The van der Waals surface area contributed by atoms with Gasteiger partial charge in [0, 0.05) is 28.7 Å². The van der Waals surface area contributed by atoms with Crippen molar-refractivity contribution in [3.05, 3.63) is 45.2 Å². The van der Waals surface area contributed by atoms with E-state index in [1.807, 2.05) is 26.0 Å². The van der Waals surface area contributed by atoms with Crippen LogP contribution in [0.3, 0.4) is 0 Å². The molecule has 0 fully saturated rings. The number of benzene rings is 1. The molecule has 2 rings (SSSR count). The number of carbonyl (C=O) groups is 1. The van der Waals surface area contributed by atoms with Gasteiger partial charge >= 0.3 is 0 Å². The zero-order valence-corrected chi connectivity index (χ0v) is 13.1. The van der Waals surface area contributed by atoms with Crippen molar-refractivity contribution in [1.29, 1.82) is 0 Å². The van der Waals surface area contributed by atoms with Crippen molar-refractivity contribution in [2.45, 2.75) is 20.4 Å². The van der Waals surface area contributed by atoms with E-state index >= 15 is 0 Å². The minimum atomic E-state index is -0.0522. The molecule has 0 radical (unpaired) electrons. The van der Waals surface area contributed by atoms with Crippen LogP contribution >= 0.6 is 15.9 Å². The van der Waals surface area contributed by atoms with Crippen LogP contribution in [0.5, 0.6) is 0 Å². The number of halogens is 1. The molecule has 0 unspecified atom stereocenters. The number of amides is 1. The summed E-state index contributed by atoms with van der Waals surface area (Å²) in [6, 6.07) is 6.94. The van der Waals surface area contributed by atoms with Crippen LogP contribution < -0.4 is 10.7 Å². The number of pyridine rings is 1. The van der Waals surface area contributed by atoms with Crippen LogP contribution in [0.25, 0.3) is 10.9 Å². The van der Waals surface area contributed by atoms with E-state index in [9.17, 15) is 9.59 Å². The molecule has 1 aromatic heterocycles. The molecule has 0 spiro atoms. The first-order valence-electron chi connectivity index (χ1n) is 6.53. The van der Waals surface area contributed by atoms with Gasteiger partial charge in [-0.25, -0.2) is 0 Å². The van der Waals surface area contributed by atoms with Gasteiger partial charge in [-0.1, -0.05) is 29.8 Å². The Hall–Kier alpha value is -1.62. The van der Waals surface area contributed by atoms with Gasteiger partial charge in [-0.2, -0.15) is 0 Å². The van der Waals surface area contributed by atoms with Gasteiger partial charge in [-0.3, -0.25) is 9.59 Å². The van der Waals surface area contributed by atoms with Crippen LogP contribution in [0.4, 0.5) is 0 Å². The standard InChI is InChI=1S/C15H17BrN2O2/c1-10(2)8-17-15(20)9-18-6-5-14(19)12-4-3-11(16)7-13(12)18/h3-7,10H,8-9H2,1-2H3,(H,17,20). The lowest BCUT2D eigenvalue weighted by atomic mass is 10.2. The maximum absolute atomic E-state index is 11.9. The first-order valence-corrected chi connectivity index (χ1v) is 7.32. The highest BCUT2D eigenvalue weighted by molar-refractivity contribution is 9.10. The van der Waals surface area contributed by atoms with Gasteiger partial charge in [-0.05, 0) is 24.1 Å². The Bertz CT molecular complexity index is 692. The molecule has 4 nitrogen and oxygen atoms in total. The second-order valence-corrected chi connectivity index (χ2v) is 6.08. The molecular weight excluding hydrogens is 320 g/mol. The Morgan fingerprint density at radius 2 is 2.10 bits per heavy atom. The van der Waals surface area contributed by atoms with E-state index in [1.54, 1.807) is 16.8 Å². The molecule has 5 heteroatoms. The molecule has 0 saturated heterocycles.